The Labute approximate surface area is 158 Å². The van der Waals surface area contributed by atoms with E-state index in [0.717, 1.165) is 24.2 Å². The topological polar surface area (TPSA) is 104 Å². The Hall–Kier alpha value is -2.33. The predicted molar refractivity (Wildman–Crippen MR) is 101 cm³/mol. The highest BCUT2D eigenvalue weighted by Crippen LogP contribution is 2.30. The quantitative estimate of drug-likeness (QED) is 0.782. The summed E-state index contributed by atoms with van der Waals surface area (Å²) in [5.41, 5.74) is 1.17. The van der Waals surface area contributed by atoms with E-state index in [0.29, 0.717) is 26.5 Å². The summed E-state index contributed by atoms with van der Waals surface area (Å²) in [4.78, 5) is 46.4. The molecule has 0 aromatic carbocycles. The molecule has 0 spiro atoms. The van der Waals surface area contributed by atoms with Gasteiger partial charge in [-0.25, -0.2) is 9.97 Å². The van der Waals surface area contributed by atoms with Crippen LogP contribution in [0.15, 0.2) is 5.38 Å². The van der Waals surface area contributed by atoms with Gasteiger partial charge in [0.15, 0.2) is 10.3 Å². The lowest BCUT2D eigenvalue weighted by molar-refractivity contribution is -0.117. The summed E-state index contributed by atoms with van der Waals surface area (Å²) >= 11 is 2.45. The summed E-state index contributed by atoms with van der Waals surface area (Å²) in [7, 11) is 3.34. The second-order valence-electron chi connectivity index (χ2n) is 6.27. The van der Waals surface area contributed by atoms with Crippen LogP contribution in [0.3, 0.4) is 0 Å². The van der Waals surface area contributed by atoms with Crippen molar-refractivity contribution in [1.29, 1.82) is 0 Å². The third-order valence-corrected chi connectivity index (χ3v) is 5.58. The van der Waals surface area contributed by atoms with Crippen LogP contribution in [0.4, 0.5) is 10.3 Å². The highest BCUT2D eigenvalue weighted by atomic mass is 32.1. The molecule has 8 nitrogen and oxygen atoms in total. The Morgan fingerprint density at radius 2 is 1.92 bits per heavy atom. The van der Waals surface area contributed by atoms with Crippen LogP contribution in [0.1, 0.15) is 33.9 Å². The zero-order valence-electron chi connectivity index (χ0n) is 14.7. The van der Waals surface area contributed by atoms with Gasteiger partial charge in [0, 0.05) is 25.4 Å². The molecule has 2 N–H and O–H groups in total. The molecule has 2 aromatic heterocycles. The number of amides is 3. The number of nitrogens with zero attached hydrogens (tertiary/aromatic N) is 3. The summed E-state index contributed by atoms with van der Waals surface area (Å²) in [6.07, 6.45) is 1.93. The molecule has 1 aliphatic carbocycles. The van der Waals surface area contributed by atoms with Gasteiger partial charge in [-0.1, -0.05) is 11.3 Å². The van der Waals surface area contributed by atoms with Crippen molar-refractivity contribution in [3.8, 4) is 0 Å². The van der Waals surface area contributed by atoms with E-state index in [1.54, 1.807) is 26.4 Å². The summed E-state index contributed by atoms with van der Waals surface area (Å²) < 4.78 is 0. The molecule has 138 valence electrons. The van der Waals surface area contributed by atoms with Crippen LogP contribution in [0.5, 0.6) is 0 Å². The summed E-state index contributed by atoms with van der Waals surface area (Å²) in [6, 6.07) is 0. The average molecular weight is 393 g/mol. The standard InChI is InChI=1S/C16H19N5O3S2/c1-8-12(14(24)21(2)3)26-16(17-8)19-11(22)6-10-7-25-15(18-10)20-13(23)9-4-5-9/h7,9H,4-6H2,1-3H3,(H,17,19,22)(H,18,20,23). The van der Waals surface area contributed by atoms with Gasteiger partial charge in [-0.15, -0.1) is 11.3 Å². The van der Waals surface area contributed by atoms with Crippen LogP contribution in [-0.2, 0) is 16.0 Å². The highest BCUT2D eigenvalue weighted by Gasteiger charge is 2.30. The minimum Gasteiger partial charge on any atom is -0.344 e. The van der Waals surface area contributed by atoms with Crippen molar-refractivity contribution in [3.63, 3.8) is 0 Å². The molecule has 0 bridgehead atoms. The molecule has 2 aromatic rings. The van der Waals surface area contributed by atoms with Crippen molar-refractivity contribution in [2.75, 3.05) is 24.7 Å². The van der Waals surface area contributed by atoms with E-state index >= 15 is 0 Å². The van der Waals surface area contributed by atoms with Crippen molar-refractivity contribution >= 4 is 50.7 Å². The van der Waals surface area contributed by atoms with Crippen LogP contribution in [0, 0.1) is 12.8 Å². The van der Waals surface area contributed by atoms with E-state index in [1.165, 1.54) is 16.2 Å². The summed E-state index contributed by atoms with van der Waals surface area (Å²) in [5, 5.41) is 8.10. The molecule has 3 rings (SSSR count). The largest absolute Gasteiger partial charge is 0.344 e. The first-order chi connectivity index (χ1) is 12.3. The molecule has 3 amide bonds. The first-order valence-electron chi connectivity index (χ1n) is 8.07. The number of anilines is 2. The second-order valence-corrected chi connectivity index (χ2v) is 8.12. The maximum absolute atomic E-state index is 12.2. The molecule has 0 saturated heterocycles. The van der Waals surface area contributed by atoms with Gasteiger partial charge in [-0.3, -0.25) is 14.4 Å². The van der Waals surface area contributed by atoms with Gasteiger partial charge in [0.2, 0.25) is 11.8 Å². The maximum Gasteiger partial charge on any atom is 0.265 e. The number of hydrogen-bond donors (Lipinski definition) is 2. The minimum absolute atomic E-state index is 0.00768. The molecule has 0 atom stereocenters. The molecule has 26 heavy (non-hydrogen) atoms. The third-order valence-electron chi connectivity index (χ3n) is 3.72. The van der Waals surface area contributed by atoms with E-state index in [-0.39, 0.29) is 30.1 Å². The SMILES string of the molecule is Cc1nc(NC(=O)Cc2csc(NC(=O)C3CC3)n2)sc1C(=O)N(C)C. The second kappa shape index (κ2) is 7.50. The number of thiazole rings is 2. The van der Waals surface area contributed by atoms with Gasteiger partial charge in [0.25, 0.3) is 5.91 Å². The van der Waals surface area contributed by atoms with E-state index in [1.807, 2.05) is 0 Å². The molecular formula is C16H19N5O3S2. The zero-order valence-corrected chi connectivity index (χ0v) is 16.3. The van der Waals surface area contributed by atoms with Gasteiger partial charge < -0.3 is 15.5 Å². The van der Waals surface area contributed by atoms with Gasteiger partial charge in [0.1, 0.15) is 4.88 Å². The Balaban J connectivity index is 1.57. The molecule has 1 fully saturated rings. The zero-order chi connectivity index (χ0) is 18.8. The molecule has 0 radical (unpaired) electrons. The fourth-order valence-corrected chi connectivity index (χ4v) is 3.90. The van der Waals surface area contributed by atoms with E-state index < -0.39 is 0 Å². The Morgan fingerprint density at radius 1 is 1.19 bits per heavy atom. The van der Waals surface area contributed by atoms with Crippen LogP contribution >= 0.6 is 22.7 Å². The molecule has 10 heteroatoms. The first kappa shape index (κ1) is 18.5. The summed E-state index contributed by atoms with van der Waals surface area (Å²) in [5.74, 6) is -0.311. The Bertz CT molecular complexity index is 854. The average Bonchev–Trinajstić information content (AvgIpc) is 3.24. The van der Waals surface area contributed by atoms with Crippen molar-refractivity contribution in [1.82, 2.24) is 14.9 Å². The molecule has 0 unspecified atom stereocenters. The maximum atomic E-state index is 12.2. The van der Waals surface area contributed by atoms with E-state index in [4.69, 9.17) is 0 Å². The number of hydrogen-bond acceptors (Lipinski definition) is 7. The third kappa shape index (κ3) is 4.44. The number of aryl methyl sites for hydroxylation is 1. The lowest BCUT2D eigenvalue weighted by Gasteiger charge is -2.07. The smallest absolute Gasteiger partial charge is 0.265 e. The number of rotatable bonds is 6. The first-order valence-corrected chi connectivity index (χ1v) is 9.77. The minimum atomic E-state index is -0.270. The summed E-state index contributed by atoms with van der Waals surface area (Å²) in [6.45, 7) is 1.73. The van der Waals surface area contributed by atoms with Crippen LogP contribution < -0.4 is 10.6 Å². The van der Waals surface area contributed by atoms with Crippen molar-refractivity contribution < 1.29 is 14.4 Å². The molecule has 2 heterocycles. The van der Waals surface area contributed by atoms with Crippen LogP contribution in [0.25, 0.3) is 0 Å². The highest BCUT2D eigenvalue weighted by molar-refractivity contribution is 7.17. The number of carbonyl (C=O) groups excluding carboxylic acids is 3. The lowest BCUT2D eigenvalue weighted by atomic mass is 10.3. The van der Waals surface area contributed by atoms with E-state index in [2.05, 4.69) is 20.6 Å². The van der Waals surface area contributed by atoms with Gasteiger partial charge in [0.05, 0.1) is 17.8 Å². The number of aromatic nitrogens is 2. The molecule has 0 aliphatic heterocycles. The molecule has 1 aliphatic rings. The van der Waals surface area contributed by atoms with Crippen LogP contribution in [0.2, 0.25) is 0 Å². The molecule has 1 saturated carbocycles. The van der Waals surface area contributed by atoms with Crippen molar-refractivity contribution in [2.24, 2.45) is 5.92 Å². The predicted octanol–water partition coefficient (Wildman–Crippen LogP) is 2.14. The van der Waals surface area contributed by atoms with Crippen molar-refractivity contribution in [2.45, 2.75) is 26.2 Å². The number of carbonyl (C=O) groups is 3. The Kier molecular flexibility index (Phi) is 5.33. The van der Waals surface area contributed by atoms with Crippen molar-refractivity contribution in [3.05, 3.63) is 21.6 Å². The van der Waals surface area contributed by atoms with Gasteiger partial charge in [-0.2, -0.15) is 0 Å². The van der Waals surface area contributed by atoms with Gasteiger partial charge >= 0.3 is 0 Å². The Morgan fingerprint density at radius 3 is 2.58 bits per heavy atom. The van der Waals surface area contributed by atoms with Crippen LogP contribution in [-0.4, -0.2) is 46.7 Å². The monoisotopic (exact) mass is 393 g/mol. The molecular weight excluding hydrogens is 374 g/mol. The normalized spacial score (nSPS) is 13.3. The lowest BCUT2D eigenvalue weighted by Crippen LogP contribution is -2.21. The van der Waals surface area contributed by atoms with E-state index in [9.17, 15) is 14.4 Å². The fourth-order valence-electron chi connectivity index (χ4n) is 2.18. The fraction of sp³-hybridized carbons (Fsp3) is 0.438. The number of nitrogens with one attached hydrogen (secondary N) is 2. The van der Waals surface area contributed by atoms with Gasteiger partial charge in [-0.05, 0) is 19.8 Å².